The van der Waals surface area contributed by atoms with Crippen molar-refractivity contribution in [2.45, 2.75) is 19.1 Å². The maximum Gasteiger partial charge on any atom is 0.310 e. The smallest absolute Gasteiger partial charge is 0.310 e. The highest BCUT2D eigenvalue weighted by molar-refractivity contribution is 7.15. The van der Waals surface area contributed by atoms with E-state index in [0.717, 1.165) is 0 Å². The fourth-order valence-corrected chi connectivity index (χ4v) is 3.29. The summed E-state index contributed by atoms with van der Waals surface area (Å²) in [6.45, 7) is -0.145. The van der Waals surface area contributed by atoms with Crippen molar-refractivity contribution in [2.75, 3.05) is 5.32 Å². The lowest BCUT2D eigenvalue weighted by molar-refractivity contribution is -0.149. The van der Waals surface area contributed by atoms with Crippen molar-refractivity contribution in [3.8, 4) is 5.75 Å². The third-order valence-corrected chi connectivity index (χ3v) is 4.55. The number of fused-ring (bicyclic) bond motifs is 2. The van der Waals surface area contributed by atoms with E-state index in [1.165, 1.54) is 21.8 Å². The molecule has 26 heavy (non-hydrogen) atoms. The molecular formula is C17H13N3O5S. The number of nitrogens with one attached hydrogen (secondary N) is 1. The zero-order chi connectivity index (χ0) is 18.1. The van der Waals surface area contributed by atoms with Crippen molar-refractivity contribution >= 4 is 33.9 Å². The summed E-state index contributed by atoms with van der Waals surface area (Å²) in [5.41, 5.74) is 0.676. The van der Waals surface area contributed by atoms with E-state index in [-0.39, 0.29) is 18.6 Å². The lowest BCUT2D eigenvalue weighted by Crippen LogP contribution is -2.38. The van der Waals surface area contributed by atoms with Crippen molar-refractivity contribution < 1.29 is 19.1 Å². The molecular weight excluding hydrogens is 358 g/mol. The number of carbonyl (C=O) groups excluding carboxylic acids is 2. The van der Waals surface area contributed by atoms with Gasteiger partial charge in [0.2, 0.25) is 0 Å². The molecule has 1 atom stereocenters. The Kier molecular flexibility index (Phi) is 4.13. The number of carbonyl (C=O) groups is 2. The monoisotopic (exact) mass is 371 g/mol. The van der Waals surface area contributed by atoms with Gasteiger partial charge < -0.3 is 14.8 Å². The maximum absolute atomic E-state index is 12.0. The molecule has 0 spiro atoms. The number of para-hydroxylation sites is 2. The fraction of sp³-hybridized carbons (Fsp3) is 0.176. The third kappa shape index (κ3) is 3.16. The molecule has 0 fully saturated rings. The number of esters is 1. The zero-order valence-electron chi connectivity index (χ0n) is 13.4. The molecule has 1 aliphatic rings. The van der Waals surface area contributed by atoms with Crippen molar-refractivity contribution in [3.63, 3.8) is 0 Å². The molecule has 132 valence electrons. The van der Waals surface area contributed by atoms with Gasteiger partial charge in [-0.3, -0.25) is 18.8 Å². The molecule has 0 saturated heterocycles. The summed E-state index contributed by atoms with van der Waals surface area (Å²) in [4.78, 5) is 40.8. The first kappa shape index (κ1) is 16.3. The number of hydrogen-bond donors (Lipinski definition) is 1. The Labute approximate surface area is 151 Å². The number of thiazole rings is 1. The number of rotatable bonds is 4. The topological polar surface area (TPSA) is 99.0 Å². The van der Waals surface area contributed by atoms with Gasteiger partial charge in [-0.2, -0.15) is 0 Å². The van der Waals surface area contributed by atoms with Crippen LogP contribution in [0.4, 0.5) is 5.69 Å². The van der Waals surface area contributed by atoms with Crippen molar-refractivity contribution in [3.05, 3.63) is 58.0 Å². The summed E-state index contributed by atoms with van der Waals surface area (Å²) >= 11 is 1.31. The maximum atomic E-state index is 12.0. The number of aromatic nitrogens is 2. The van der Waals surface area contributed by atoms with Crippen LogP contribution in [0.3, 0.4) is 0 Å². The van der Waals surface area contributed by atoms with E-state index in [0.29, 0.717) is 22.1 Å². The van der Waals surface area contributed by atoms with E-state index in [9.17, 15) is 14.4 Å². The van der Waals surface area contributed by atoms with E-state index in [4.69, 9.17) is 9.47 Å². The van der Waals surface area contributed by atoms with Crippen LogP contribution in [-0.4, -0.2) is 27.4 Å². The van der Waals surface area contributed by atoms with Gasteiger partial charge in [0.1, 0.15) is 12.4 Å². The number of amides is 1. The van der Waals surface area contributed by atoms with Crippen LogP contribution in [0.25, 0.3) is 4.96 Å². The van der Waals surface area contributed by atoms with E-state index in [1.807, 2.05) is 0 Å². The number of benzene rings is 1. The largest absolute Gasteiger partial charge is 0.478 e. The molecule has 1 N–H and O–H groups in total. The second kappa shape index (κ2) is 6.60. The first-order chi connectivity index (χ1) is 12.6. The molecule has 2 aromatic heterocycles. The Morgan fingerprint density at radius 2 is 2.19 bits per heavy atom. The highest BCUT2D eigenvalue weighted by Crippen LogP contribution is 2.29. The zero-order valence-corrected chi connectivity index (χ0v) is 14.2. The number of anilines is 1. The van der Waals surface area contributed by atoms with Gasteiger partial charge in [-0.1, -0.05) is 12.1 Å². The summed E-state index contributed by atoms with van der Waals surface area (Å²) in [7, 11) is 0. The minimum atomic E-state index is -0.962. The van der Waals surface area contributed by atoms with Crippen LogP contribution in [0, 0.1) is 0 Å². The molecule has 3 aromatic rings. The van der Waals surface area contributed by atoms with Crippen LogP contribution < -0.4 is 15.6 Å². The molecule has 9 heteroatoms. The molecule has 4 rings (SSSR count). The summed E-state index contributed by atoms with van der Waals surface area (Å²) in [6.07, 6.45) is 0.429. The highest BCUT2D eigenvalue weighted by Gasteiger charge is 2.30. The van der Waals surface area contributed by atoms with Gasteiger partial charge in [0.25, 0.3) is 11.5 Å². The predicted molar refractivity (Wildman–Crippen MR) is 93.2 cm³/mol. The van der Waals surface area contributed by atoms with E-state index < -0.39 is 18.0 Å². The Hall–Kier alpha value is -3.20. The third-order valence-electron chi connectivity index (χ3n) is 3.80. The van der Waals surface area contributed by atoms with Crippen LogP contribution in [0.15, 0.2) is 46.7 Å². The van der Waals surface area contributed by atoms with E-state index in [2.05, 4.69) is 10.3 Å². The second-order valence-electron chi connectivity index (χ2n) is 5.60. The van der Waals surface area contributed by atoms with Gasteiger partial charge in [0.15, 0.2) is 11.1 Å². The first-order valence-corrected chi connectivity index (χ1v) is 8.66. The fourth-order valence-electron chi connectivity index (χ4n) is 2.55. The molecule has 0 bridgehead atoms. The Balaban J connectivity index is 1.39. The Morgan fingerprint density at radius 1 is 1.35 bits per heavy atom. The van der Waals surface area contributed by atoms with Gasteiger partial charge in [-0.05, 0) is 12.1 Å². The van der Waals surface area contributed by atoms with Crippen molar-refractivity contribution in [1.82, 2.24) is 9.38 Å². The van der Waals surface area contributed by atoms with Crippen molar-refractivity contribution in [1.29, 1.82) is 0 Å². The minimum absolute atomic E-state index is 0.145. The van der Waals surface area contributed by atoms with Gasteiger partial charge in [0, 0.05) is 17.6 Å². The van der Waals surface area contributed by atoms with Crippen LogP contribution in [0.2, 0.25) is 0 Å². The van der Waals surface area contributed by atoms with Gasteiger partial charge >= 0.3 is 5.97 Å². The number of ether oxygens (including phenoxy) is 2. The molecule has 0 aliphatic carbocycles. The van der Waals surface area contributed by atoms with Crippen LogP contribution >= 0.6 is 11.3 Å². The van der Waals surface area contributed by atoms with Crippen LogP contribution in [0.1, 0.15) is 12.1 Å². The van der Waals surface area contributed by atoms with Crippen LogP contribution in [0.5, 0.6) is 5.75 Å². The molecule has 8 nitrogen and oxygen atoms in total. The highest BCUT2D eigenvalue weighted by atomic mass is 32.1. The molecule has 0 unspecified atom stereocenters. The van der Waals surface area contributed by atoms with Crippen molar-refractivity contribution in [2.24, 2.45) is 0 Å². The minimum Gasteiger partial charge on any atom is -0.478 e. The number of hydrogen-bond acceptors (Lipinski definition) is 7. The normalized spacial score (nSPS) is 15.8. The number of nitrogens with zero attached hydrogens (tertiary/aromatic N) is 2. The molecule has 0 saturated carbocycles. The molecule has 3 heterocycles. The Bertz CT molecular complexity index is 1060. The van der Waals surface area contributed by atoms with Gasteiger partial charge in [-0.25, -0.2) is 4.98 Å². The molecule has 0 radical (unpaired) electrons. The predicted octanol–water partition coefficient (Wildman–Crippen LogP) is 1.59. The Morgan fingerprint density at radius 3 is 3.08 bits per heavy atom. The average Bonchev–Trinajstić information content (AvgIpc) is 3.10. The lowest BCUT2D eigenvalue weighted by Gasteiger charge is -2.25. The quantitative estimate of drug-likeness (QED) is 0.699. The van der Waals surface area contributed by atoms with E-state index >= 15 is 0 Å². The summed E-state index contributed by atoms with van der Waals surface area (Å²) in [5.74, 6) is -0.516. The summed E-state index contributed by atoms with van der Waals surface area (Å²) in [6, 6.07) is 8.29. The second-order valence-corrected chi connectivity index (χ2v) is 6.47. The molecule has 1 amide bonds. The van der Waals surface area contributed by atoms with Gasteiger partial charge in [-0.15, -0.1) is 11.3 Å². The summed E-state index contributed by atoms with van der Waals surface area (Å²) in [5, 5.41) is 4.43. The summed E-state index contributed by atoms with van der Waals surface area (Å²) < 4.78 is 12.1. The van der Waals surface area contributed by atoms with Crippen LogP contribution in [-0.2, 0) is 20.9 Å². The molecule has 1 aromatic carbocycles. The lowest BCUT2D eigenvalue weighted by atomic mass is 10.1. The standard InChI is InChI=1S/C17H13N3O5S/c21-14-7-10(18-17-20(14)5-6-26-17)9-24-15(22)8-13-16(23)19-11-3-1-2-4-12(11)25-13/h1-7,13H,8-9H2,(H,19,23)/t13-/m0/s1. The SMILES string of the molecule is O=C(C[C@@H]1Oc2ccccc2NC1=O)OCc1cc(=O)n2ccsc2n1. The van der Waals surface area contributed by atoms with Gasteiger partial charge in [0.05, 0.1) is 17.8 Å². The first-order valence-electron chi connectivity index (χ1n) is 7.78. The average molecular weight is 371 g/mol. The molecule has 1 aliphatic heterocycles. The van der Waals surface area contributed by atoms with E-state index in [1.54, 1.807) is 35.8 Å².